The van der Waals surface area contributed by atoms with Crippen molar-refractivity contribution in [3.05, 3.63) is 25.3 Å². The van der Waals surface area contributed by atoms with Gasteiger partial charge >= 0.3 is 11.9 Å². The third-order valence-corrected chi connectivity index (χ3v) is 5.33. The van der Waals surface area contributed by atoms with Gasteiger partial charge in [0.15, 0.2) is 0 Å². The topological polar surface area (TPSA) is 63.6 Å². The second kappa shape index (κ2) is 28.4. The van der Waals surface area contributed by atoms with Crippen LogP contribution in [0.1, 0.15) is 129 Å². The number of unbranched alkanes of at least 4 members (excludes halogenated alkanes) is 18. The molecule has 0 atom stereocenters. The first-order valence-electron chi connectivity index (χ1n) is 12.7. The number of carboxylic acids is 1. The van der Waals surface area contributed by atoms with Crippen LogP contribution < -0.4 is 0 Å². The molecule has 0 rings (SSSR count). The Bertz CT molecular complexity index is 417. The monoisotopic (exact) mass is 438 g/mol. The minimum Gasteiger partial charge on any atom is -0.478 e. The summed E-state index contributed by atoms with van der Waals surface area (Å²) in [5.74, 6) is -1.28. The summed E-state index contributed by atoms with van der Waals surface area (Å²) in [7, 11) is 0. The van der Waals surface area contributed by atoms with Crippen molar-refractivity contribution < 1.29 is 19.4 Å². The summed E-state index contributed by atoms with van der Waals surface area (Å²) in [5, 5.41) is 7.60. The average Bonchev–Trinajstić information content (AvgIpc) is 2.77. The fourth-order valence-electron chi connectivity index (χ4n) is 3.41. The Balaban J connectivity index is 0. The summed E-state index contributed by atoms with van der Waals surface area (Å²) in [4.78, 5) is 20.1. The summed E-state index contributed by atoms with van der Waals surface area (Å²) in [6.45, 7) is 9.18. The Hall–Kier alpha value is -1.58. The van der Waals surface area contributed by atoms with Crippen LogP contribution in [0.25, 0.3) is 0 Å². The Morgan fingerprint density at radius 3 is 1.16 bits per heavy atom. The van der Waals surface area contributed by atoms with Crippen molar-refractivity contribution in [3.8, 4) is 0 Å². The van der Waals surface area contributed by atoms with E-state index in [9.17, 15) is 9.59 Å². The number of hydrogen-bond donors (Lipinski definition) is 1. The zero-order chi connectivity index (χ0) is 23.4. The van der Waals surface area contributed by atoms with Gasteiger partial charge in [-0.05, 0) is 6.42 Å². The molecule has 0 aliphatic rings. The van der Waals surface area contributed by atoms with E-state index < -0.39 is 5.97 Å². The summed E-state index contributed by atoms with van der Waals surface area (Å²) in [5.41, 5.74) is 0. The van der Waals surface area contributed by atoms with Gasteiger partial charge in [0.2, 0.25) is 0 Å². The van der Waals surface area contributed by atoms with Gasteiger partial charge in [-0.25, -0.2) is 9.59 Å². The second-order valence-corrected chi connectivity index (χ2v) is 8.28. The van der Waals surface area contributed by atoms with E-state index in [0.717, 1.165) is 12.5 Å². The molecule has 0 aliphatic carbocycles. The number of esters is 1. The van der Waals surface area contributed by atoms with Crippen molar-refractivity contribution in [2.24, 2.45) is 0 Å². The summed E-state index contributed by atoms with van der Waals surface area (Å²) < 4.78 is 4.97. The van der Waals surface area contributed by atoms with Crippen LogP contribution in [0, 0.1) is 0 Å². The van der Waals surface area contributed by atoms with E-state index >= 15 is 0 Å². The van der Waals surface area contributed by atoms with Gasteiger partial charge in [0.05, 0.1) is 6.61 Å². The van der Waals surface area contributed by atoms with Gasteiger partial charge in [-0.1, -0.05) is 136 Å². The first kappa shape index (κ1) is 31.6. The van der Waals surface area contributed by atoms with Gasteiger partial charge < -0.3 is 9.84 Å². The molecule has 4 heteroatoms. The van der Waals surface area contributed by atoms with Crippen LogP contribution in [-0.2, 0) is 14.3 Å². The third kappa shape index (κ3) is 33.3. The predicted molar refractivity (Wildman–Crippen MR) is 132 cm³/mol. The van der Waals surface area contributed by atoms with Crippen molar-refractivity contribution in [2.75, 3.05) is 6.61 Å². The molecule has 0 unspecified atom stereocenters. The SMILES string of the molecule is C=CC(=O)O.C=CC(=O)OCCCCCCCCCCCCCCCCCCCCC. The minimum atomic E-state index is -0.981. The van der Waals surface area contributed by atoms with E-state index in [-0.39, 0.29) is 5.97 Å². The summed E-state index contributed by atoms with van der Waals surface area (Å²) >= 11 is 0. The van der Waals surface area contributed by atoms with E-state index in [0.29, 0.717) is 6.61 Å². The largest absolute Gasteiger partial charge is 0.478 e. The molecule has 0 amide bonds. The van der Waals surface area contributed by atoms with Crippen LogP contribution >= 0.6 is 0 Å². The number of rotatable bonds is 22. The maximum Gasteiger partial charge on any atom is 0.330 e. The maximum absolute atomic E-state index is 10.9. The first-order chi connectivity index (χ1) is 15.1. The van der Waals surface area contributed by atoms with Gasteiger partial charge in [-0.3, -0.25) is 0 Å². The second-order valence-electron chi connectivity index (χ2n) is 8.28. The van der Waals surface area contributed by atoms with Crippen molar-refractivity contribution in [1.82, 2.24) is 0 Å². The summed E-state index contributed by atoms with van der Waals surface area (Å²) in [6, 6.07) is 0. The fraction of sp³-hybridized carbons (Fsp3) is 0.778. The third-order valence-electron chi connectivity index (χ3n) is 5.33. The number of hydrogen-bond acceptors (Lipinski definition) is 3. The molecule has 0 heterocycles. The van der Waals surface area contributed by atoms with Gasteiger partial charge in [0.1, 0.15) is 0 Å². The lowest BCUT2D eigenvalue weighted by Crippen LogP contribution is -2.01. The van der Waals surface area contributed by atoms with Crippen molar-refractivity contribution in [3.63, 3.8) is 0 Å². The molecule has 0 aliphatic heterocycles. The zero-order valence-electron chi connectivity index (χ0n) is 20.4. The molecule has 182 valence electrons. The van der Waals surface area contributed by atoms with Crippen LogP contribution in [0.5, 0.6) is 0 Å². The number of carboxylic acid groups (broad SMARTS) is 1. The number of aliphatic carboxylic acids is 1. The molecule has 0 radical (unpaired) electrons. The van der Waals surface area contributed by atoms with Crippen LogP contribution in [0.4, 0.5) is 0 Å². The van der Waals surface area contributed by atoms with E-state index in [1.807, 2.05) is 0 Å². The quantitative estimate of drug-likeness (QED) is 0.105. The van der Waals surface area contributed by atoms with Crippen molar-refractivity contribution in [2.45, 2.75) is 129 Å². The Morgan fingerprint density at radius 2 is 0.903 bits per heavy atom. The molecular formula is C27H50O4. The summed E-state index contributed by atoms with van der Waals surface area (Å²) in [6.07, 6.45) is 28.2. The predicted octanol–water partition coefficient (Wildman–Crippen LogP) is 8.40. The fourth-order valence-corrected chi connectivity index (χ4v) is 3.41. The lowest BCUT2D eigenvalue weighted by molar-refractivity contribution is -0.138. The molecule has 0 fully saturated rings. The molecule has 0 aromatic carbocycles. The highest BCUT2D eigenvalue weighted by molar-refractivity contribution is 5.81. The zero-order valence-corrected chi connectivity index (χ0v) is 20.4. The van der Waals surface area contributed by atoms with E-state index in [1.54, 1.807) is 0 Å². The van der Waals surface area contributed by atoms with Crippen molar-refractivity contribution >= 4 is 11.9 Å². The first-order valence-corrected chi connectivity index (χ1v) is 12.7. The Labute approximate surface area is 192 Å². The average molecular weight is 439 g/mol. The van der Waals surface area contributed by atoms with Gasteiger partial charge in [0, 0.05) is 12.2 Å². The molecule has 0 saturated heterocycles. The van der Waals surface area contributed by atoms with Crippen LogP contribution in [-0.4, -0.2) is 23.7 Å². The Kier molecular flexibility index (Phi) is 29.0. The van der Waals surface area contributed by atoms with Crippen LogP contribution in [0.3, 0.4) is 0 Å². The van der Waals surface area contributed by atoms with E-state index in [2.05, 4.69) is 20.1 Å². The molecule has 0 spiro atoms. The maximum atomic E-state index is 10.9. The molecule has 0 aromatic heterocycles. The van der Waals surface area contributed by atoms with Gasteiger partial charge in [-0.2, -0.15) is 0 Å². The highest BCUT2D eigenvalue weighted by Crippen LogP contribution is 2.14. The smallest absolute Gasteiger partial charge is 0.330 e. The lowest BCUT2D eigenvalue weighted by atomic mass is 10.0. The van der Waals surface area contributed by atoms with E-state index in [4.69, 9.17) is 9.84 Å². The molecule has 4 nitrogen and oxygen atoms in total. The molecule has 0 aromatic rings. The Morgan fingerprint density at radius 1 is 0.613 bits per heavy atom. The molecule has 31 heavy (non-hydrogen) atoms. The standard InChI is InChI=1S/C24H46O2.C3H4O2/c1-3-5-6-7-8-9-10-11-12-13-14-15-16-17-18-19-20-21-22-23-26-24(25)4-2;1-2-3(4)5/h4H,2-3,5-23H2,1H3;2H,1H2,(H,4,5). The molecular weight excluding hydrogens is 388 g/mol. The highest BCUT2D eigenvalue weighted by Gasteiger charge is 1.97. The van der Waals surface area contributed by atoms with Crippen LogP contribution in [0.2, 0.25) is 0 Å². The molecule has 0 saturated carbocycles. The molecule has 0 bridgehead atoms. The highest BCUT2D eigenvalue weighted by atomic mass is 16.5. The number of ether oxygens (including phenoxy) is 1. The van der Waals surface area contributed by atoms with Gasteiger partial charge in [0.25, 0.3) is 0 Å². The van der Waals surface area contributed by atoms with E-state index in [1.165, 1.54) is 122 Å². The normalized spacial score (nSPS) is 10.1. The van der Waals surface area contributed by atoms with Crippen molar-refractivity contribution in [1.29, 1.82) is 0 Å². The molecule has 1 N–H and O–H groups in total. The lowest BCUT2D eigenvalue weighted by Gasteiger charge is -2.04. The van der Waals surface area contributed by atoms with Crippen LogP contribution in [0.15, 0.2) is 25.3 Å². The minimum absolute atomic E-state index is 0.299. The van der Waals surface area contributed by atoms with Gasteiger partial charge in [-0.15, -0.1) is 0 Å². The number of carbonyl (C=O) groups excluding carboxylic acids is 1. The number of carbonyl (C=O) groups is 2.